The van der Waals surface area contributed by atoms with Crippen LogP contribution in [-0.4, -0.2) is 33.7 Å². The maximum Gasteiger partial charge on any atom is 0.232 e. The lowest BCUT2D eigenvalue weighted by Gasteiger charge is -2.23. The number of carbonyl (C=O) groups excluding carboxylic acids is 1. The number of benzene rings is 1. The van der Waals surface area contributed by atoms with Gasteiger partial charge in [-0.25, -0.2) is 8.42 Å². The van der Waals surface area contributed by atoms with Crippen molar-refractivity contribution in [3.63, 3.8) is 0 Å². The molecule has 0 aliphatic carbocycles. The smallest absolute Gasteiger partial charge is 0.232 e. The minimum atomic E-state index is -3.52. The van der Waals surface area contributed by atoms with Gasteiger partial charge < -0.3 is 5.32 Å². The Hall–Kier alpha value is -0.980. The molecule has 112 valence electrons. The summed E-state index contributed by atoms with van der Waals surface area (Å²) in [5, 5.41) is 3.28. The SMILES string of the molecule is CCC(=O)NCCN(c1cc(Cl)ccc1Cl)S(C)(=O)=O. The van der Waals surface area contributed by atoms with Crippen molar-refractivity contribution in [1.82, 2.24) is 5.32 Å². The van der Waals surface area contributed by atoms with E-state index in [4.69, 9.17) is 23.2 Å². The van der Waals surface area contributed by atoms with Gasteiger partial charge in [-0.15, -0.1) is 0 Å². The molecule has 0 saturated carbocycles. The summed E-state index contributed by atoms with van der Waals surface area (Å²) in [6, 6.07) is 4.58. The molecule has 0 saturated heterocycles. The highest BCUT2D eigenvalue weighted by Gasteiger charge is 2.20. The van der Waals surface area contributed by atoms with Crippen molar-refractivity contribution < 1.29 is 13.2 Å². The molecule has 8 heteroatoms. The van der Waals surface area contributed by atoms with Gasteiger partial charge in [-0.1, -0.05) is 30.1 Å². The van der Waals surface area contributed by atoms with E-state index in [1.165, 1.54) is 12.1 Å². The molecule has 20 heavy (non-hydrogen) atoms. The summed E-state index contributed by atoms with van der Waals surface area (Å²) in [6.45, 7) is 2.00. The standard InChI is InChI=1S/C12H16Cl2N2O3S/c1-3-12(17)15-6-7-16(20(2,18)19)11-8-9(13)4-5-10(11)14/h4-5,8H,3,6-7H2,1-2H3,(H,15,17). The van der Waals surface area contributed by atoms with Crippen LogP contribution in [0.2, 0.25) is 10.0 Å². The van der Waals surface area contributed by atoms with Crippen LogP contribution in [0.15, 0.2) is 18.2 Å². The zero-order valence-corrected chi connectivity index (χ0v) is 13.5. The van der Waals surface area contributed by atoms with Gasteiger partial charge in [-0.3, -0.25) is 9.10 Å². The monoisotopic (exact) mass is 338 g/mol. The van der Waals surface area contributed by atoms with E-state index in [2.05, 4.69) is 5.32 Å². The minimum Gasteiger partial charge on any atom is -0.354 e. The van der Waals surface area contributed by atoms with E-state index in [0.29, 0.717) is 17.1 Å². The average Bonchev–Trinajstić information content (AvgIpc) is 2.36. The Morgan fingerprint density at radius 1 is 1.35 bits per heavy atom. The highest BCUT2D eigenvalue weighted by Crippen LogP contribution is 2.30. The zero-order valence-electron chi connectivity index (χ0n) is 11.2. The predicted molar refractivity (Wildman–Crippen MR) is 82.0 cm³/mol. The molecule has 1 aromatic carbocycles. The Kier molecular flexibility index (Phi) is 6.10. The molecule has 1 amide bonds. The minimum absolute atomic E-state index is 0.0879. The molecule has 0 fully saturated rings. The quantitative estimate of drug-likeness (QED) is 0.865. The second kappa shape index (κ2) is 7.15. The summed E-state index contributed by atoms with van der Waals surface area (Å²) in [7, 11) is -3.52. The van der Waals surface area contributed by atoms with Crippen LogP contribution in [0, 0.1) is 0 Å². The first-order valence-corrected chi connectivity index (χ1v) is 8.55. The van der Waals surface area contributed by atoms with E-state index in [1.54, 1.807) is 13.0 Å². The van der Waals surface area contributed by atoms with Crippen LogP contribution in [0.1, 0.15) is 13.3 Å². The first-order chi connectivity index (χ1) is 9.25. The maximum absolute atomic E-state index is 11.9. The summed E-state index contributed by atoms with van der Waals surface area (Å²) in [5.41, 5.74) is 0.299. The Labute approximate surface area is 128 Å². The van der Waals surface area contributed by atoms with Crippen molar-refractivity contribution in [3.8, 4) is 0 Å². The number of nitrogens with one attached hydrogen (secondary N) is 1. The van der Waals surface area contributed by atoms with Crippen molar-refractivity contribution in [2.24, 2.45) is 0 Å². The lowest BCUT2D eigenvalue weighted by molar-refractivity contribution is -0.120. The normalized spacial score (nSPS) is 11.2. The van der Waals surface area contributed by atoms with Crippen molar-refractivity contribution in [2.75, 3.05) is 23.7 Å². The van der Waals surface area contributed by atoms with Crippen LogP contribution in [0.5, 0.6) is 0 Å². The average molecular weight is 339 g/mol. The zero-order chi connectivity index (χ0) is 15.3. The number of rotatable bonds is 6. The Bertz CT molecular complexity index is 590. The molecule has 0 aliphatic rings. The van der Waals surface area contributed by atoms with Crippen LogP contribution >= 0.6 is 23.2 Å². The molecule has 1 N–H and O–H groups in total. The van der Waals surface area contributed by atoms with Crippen molar-refractivity contribution in [1.29, 1.82) is 0 Å². The van der Waals surface area contributed by atoms with Crippen LogP contribution in [0.3, 0.4) is 0 Å². The molecule has 0 spiro atoms. The second-order valence-electron chi connectivity index (χ2n) is 4.13. The summed E-state index contributed by atoms with van der Waals surface area (Å²) in [5.74, 6) is -0.143. The molecule has 0 aromatic heterocycles. The number of anilines is 1. The van der Waals surface area contributed by atoms with E-state index in [-0.39, 0.29) is 24.0 Å². The van der Waals surface area contributed by atoms with E-state index in [9.17, 15) is 13.2 Å². The number of hydrogen-bond acceptors (Lipinski definition) is 3. The molecule has 0 unspecified atom stereocenters. The van der Waals surface area contributed by atoms with E-state index >= 15 is 0 Å². The number of halogens is 2. The molecular weight excluding hydrogens is 323 g/mol. The number of amides is 1. The summed E-state index contributed by atoms with van der Waals surface area (Å²) < 4.78 is 24.8. The maximum atomic E-state index is 11.9. The van der Waals surface area contributed by atoms with Gasteiger partial charge in [-0.2, -0.15) is 0 Å². The molecule has 0 heterocycles. The first-order valence-electron chi connectivity index (χ1n) is 5.95. The van der Waals surface area contributed by atoms with Crippen LogP contribution < -0.4 is 9.62 Å². The number of hydrogen-bond donors (Lipinski definition) is 1. The Morgan fingerprint density at radius 3 is 2.55 bits per heavy atom. The largest absolute Gasteiger partial charge is 0.354 e. The molecule has 0 atom stereocenters. The number of sulfonamides is 1. The first kappa shape index (κ1) is 17.1. The fourth-order valence-electron chi connectivity index (χ4n) is 1.56. The topological polar surface area (TPSA) is 66.5 Å². The Balaban J connectivity index is 2.96. The van der Waals surface area contributed by atoms with E-state index in [0.717, 1.165) is 10.6 Å². The van der Waals surface area contributed by atoms with Crippen LogP contribution in [-0.2, 0) is 14.8 Å². The third-order valence-electron chi connectivity index (χ3n) is 2.54. The van der Waals surface area contributed by atoms with Gasteiger partial charge >= 0.3 is 0 Å². The number of nitrogens with zero attached hydrogens (tertiary/aromatic N) is 1. The van der Waals surface area contributed by atoms with Gasteiger partial charge in [0.2, 0.25) is 15.9 Å². The van der Waals surface area contributed by atoms with Gasteiger partial charge in [0.05, 0.1) is 23.5 Å². The highest BCUT2D eigenvalue weighted by atomic mass is 35.5. The predicted octanol–water partition coefficient (Wildman–Crippen LogP) is 2.29. The van der Waals surface area contributed by atoms with Crippen molar-refractivity contribution in [2.45, 2.75) is 13.3 Å². The molecule has 0 radical (unpaired) electrons. The van der Waals surface area contributed by atoms with Gasteiger partial charge in [-0.05, 0) is 18.2 Å². The summed E-state index contributed by atoms with van der Waals surface area (Å²) in [6.07, 6.45) is 1.42. The molecule has 0 aliphatic heterocycles. The Morgan fingerprint density at radius 2 is 2.00 bits per heavy atom. The summed E-state index contributed by atoms with van der Waals surface area (Å²) >= 11 is 11.9. The van der Waals surface area contributed by atoms with Crippen LogP contribution in [0.4, 0.5) is 5.69 Å². The molecule has 1 rings (SSSR count). The molecule has 1 aromatic rings. The molecule has 0 bridgehead atoms. The number of carbonyl (C=O) groups is 1. The van der Waals surface area contributed by atoms with Gasteiger partial charge in [0.15, 0.2) is 0 Å². The van der Waals surface area contributed by atoms with E-state index in [1.807, 2.05) is 0 Å². The van der Waals surface area contributed by atoms with Crippen molar-refractivity contribution >= 4 is 44.8 Å². The third kappa shape index (κ3) is 4.85. The van der Waals surface area contributed by atoms with Gasteiger partial charge in [0.25, 0.3) is 0 Å². The van der Waals surface area contributed by atoms with E-state index < -0.39 is 10.0 Å². The van der Waals surface area contributed by atoms with Crippen LogP contribution in [0.25, 0.3) is 0 Å². The fourth-order valence-corrected chi connectivity index (χ4v) is 2.93. The van der Waals surface area contributed by atoms with Gasteiger partial charge in [0, 0.05) is 18.0 Å². The fraction of sp³-hybridized carbons (Fsp3) is 0.417. The third-order valence-corrected chi connectivity index (χ3v) is 4.27. The lowest BCUT2D eigenvalue weighted by atomic mass is 10.3. The molecule has 5 nitrogen and oxygen atoms in total. The highest BCUT2D eigenvalue weighted by molar-refractivity contribution is 7.92. The second-order valence-corrected chi connectivity index (χ2v) is 6.88. The lowest BCUT2D eigenvalue weighted by Crippen LogP contribution is -2.38. The van der Waals surface area contributed by atoms with Gasteiger partial charge in [0.1, 0.15) is 0 Å². The summed E-state index contributed by atoms with van der Waals surface area (Å²) in [4.78, 5) is 11.2. The molecular formula is C12H16Cl2N2O3S. The van der Waals surface area contributed by atoms with Crippen molar-refractivity contribution in [3.05, 3.63) is 28.2 Å².